The zero-order valence-corrected chi connectivity index (χ0v) is 21.0. The fourth-order valence-corrected chi connectivity index (χ4v) is 6.08. The summed E-state index contributed by atoms with van der Waals surface area (Å²) in [5.41, 5.74) is -1.03. The molecule has 2 heterocycles. The Kier molecular flexibility index (Phi) is 8.63. The second-order valence-electron chi connectivity index (χ2n) is 9.41. The van der Waals surface area contributed by atoms with Gasteiger partial charge in [-0.25, -0.2) is 4.98 Å². The topological polar surface area (TPSA) is 83.6 Å². The van der Waals surface area contributed by atoms with Crippen molar-refractivity contribution in [2.24, 2.45) is 0 Å². The Morgan fingerprint density at radius 2 is 1.97 bits per heavy atom. The first-order valence-electron chi connectivity index (χ1n) is 12.2. The molecular weight excluding hydrogens is 493 g/mol. The van der Waals surface area contributed by atoms with Crippen molar-refractivity contribution in [2.75, 3.05) is 26.7 Å². The van der Waals surface area contributed by atoms with Gasteiger partial charge >= 0.3 is 6.18 Å². The minimum Gasteiger partial charge on any atom is -0.379 e. The average Bonchev–Trinajstić information content (AvgIpc) is 3.52. The lowest BCUT2D eigenvalue weighted by Crippen LogP contribution is -2.44. The van der Waals surface area contributed by atoms with Crippen LogP contribution in [0.4, 0.5) is 13.2 Å². The fourth-order valence-electron chi connectivity index (χ4n) is 5.02. The lowest BCUT2D eigenvalue weighted by molar-refractivity contribution is -0.137. The maximum Gasteiger partial charge on any atom is 0.416 e. The molecule has 1 saturated heterocycles. The van der Waals surface area contributed by atoms with Crippen LogP contribution in [0.2, 0.25) is 0 Å². The Hall–Kier alpha value is -2.50. The molecule has 196 valence electrons. The molecule has 0 spiro atoms. The number of rotatable bonds is 8. The summed E-state index contributed by atoms with van der Waals surface area (Å²) < 4.78 is 43.8. The number of methoxy groups -OCH3 is 1. The van der Waals surface area contributed by atoms with E-state index in [1.807, 2.05) is 6.20 Å². The second-order valence-corrected chi connectivity index (χ2v) is 10.6. The third-order valence-corrected chi connectivity index (χ3v) is 8.00. The summed E-state index contributed by atoms with van der Waals surface area (Å²) in [7, 11) is 1.69. The van der Waals surface area contributed by atoms with Crippen LogP contribution >= 0.6 is 11.3 Å². The quantitative estimate of drug-likeness (QED) is 0.547. The summed E-state index contributed by atoms with van der Waals surface area (Å²) in [6.45, 7) is 1.99. The fraction of sp³-hybridized carbons (Fsp3) is 0.560. The first-order chi connectivity index (χ1) is 17.2. The van der Waals surface area contributed by atoms with Gasteiger partial charge in [-0.15, -0.1) is 11.3 Å². The molecule has 1 atom stereocenters. The van der Waals surface area contributed by atoms with E-state index in [-0.39, 0.29) is 24.1 Å². The smallest absolute Gasteiger partial charge is 0.379 e. The van der Waals surface area contributed by atoms with Crippen LogP contribution < -0.4 is 10.6 Å². The summed E-state index contributed by atoms with van der Waals surface area (Å²) in [5, 5.41) is 6.55. The zero-order chi connectivity index (χ0) is 25.7. The van der Waals surface area contributed by atoms with Crippen molar-refractivity contribution in [1.82, 2.24) is 20.5 Å². The largest absolute Gasteiger partial charge is 0.416 e. The van der Waals surface area contributed by atoms with E-state index in [4.69, 9.17) is 4.74 Å². The highest BCUT2D eigenvalue weighted by molar-refractivity contribution is 7.11. The molecule has 0 bridgehead atoms. The van der Waals surface area contributed by atoms with E-state index in [9.17, 15) is 22.8 Å². The van der Waals surface area contributed by atoms with Crippen LogP contribution in [0.15, 0.2) is 30.5 Å². The number of aromatic nitrogens is 1. The first-order valence-corrected chi connectivity index (χ1v) is 13.0. The molecular formula is C25H31F3N4O3S. The van der Waals surface area contributed by atoms with Crippen LogP contribution in [-0.4, -0.2) is 60.5 Å². The minimum atomic E-state index is -4.53. The lowest BCUT2D eigenvalue weighted by Gasteiger charge is -2.34. The van der Waals surface area contributed by atoms with Gasteiger partial charge < -0.3 is 15.4 Å². The molecule has 36 heavy (non-hydrogen) atoms. The number of ether oxygens (including phenoxy) is 1. The van der Waals surface area contributed by atoms with E-state index < -0.39 is 17.6 Å². The number of thiazole rings is 1. The Bertz CT molecular complexity index is 1050. The number of carbonyl (C=O) groups is 2. The second kappa shape index (κ2) is 11.7. The SMILES string of the molecule is COCc1cnc(C2CCC(N3CCC(NC(=O)CNC(=O)c4cccc(C(F)(F)F)c4)C3)CC2)s1. The van der Waals surface area contributed by atoms with Crippen LogP contribution in [-0.2, 0) is 22.3 Å². The number of hydrogen-bond donors (Lipinski definition) is 2. The van der Waals surface area contributed by atoms with Crippen molar-refractivity contribution >= 4 is 23.2 Å². The average molecular weight is 525 g/mol. The number of alkyl halides is 3. The standard InChI is InChI=1S/C25H31F3N4O3S/c1-35-15-21-12-30-24(36-21)16-5-7-20(8-6-16)32-10-9-19(14-32)31-22(33)13-29-23(34)17-3-2-4-18(11-17)25(26,27)28/h2-4,11-12,16,19-20H,5-10,13-15H2,1H3,(H,29,34)(H,31,33). The molecule has 1 unspecified atom stereocenters. The Morgan fingerprint density at radius 3 is 2.69 bits per heavy atom. The number of nitrogens with zero attached hydrogens (tertiary/aromatic N) is 2. The van der Waals surface area contributed by atoms with Gasteiger partial charge in [-0.3, -0.25) is 14.5 Å². The summed E-state index contributed by atoms with van der Waals surface area (Å²) in [6.07, 6.45) is 2.59. The first kappa shape index (κ1) is 26.6. The molecule has 2 aromatic rings. The van der Waals surface area contributed by atoms with Crippen molar-refractivity contribution in [1.29, 1.82) is 0 Å². The van der Waals surface area contributed by atoms with Gasteiger partial charge in [-0.2, -0.15) is 13.2 Å². The third kappa shape index (κ3) is 6.83. The number of hydrogen-bond acceptors (Lipinski definition) is 6. The van der Waals surface area contributed by atoms with Crippen molar-refractivity contribution in [3.05, 3.63) is 51.5 Å². The molecule has 1 saturated carbocycles. The molecule has 2 N–H and O–H groups in total. The van der Waals surface area contributed by atoms with Gasteiger partial charge in [0, 0.05) is 50.0 Å². The molecule has 1 aromatic heterocycles. The minimum absolute atomic E-state index is 0.00347. The highest BCUT2D eigenvalue weighted by Gasteiger charge is 2.33. The highest BCUT2D eigenvalue weighted by atomic mass is 32.1. The molecule has 2 fully saturated rings. The molecule has 4 rings (SSSR count). The van der Waals surface area contributed by atoms with E-state index in [0.717, 1.165) is 62.2 Å². The van der Waals surface area contributed by atoms with Gasteiger partial charge in [-0.1, -0.05) is 6.07 Å². The Labute approximate surface area is 212 Å². The maximum absolute atomic E-state index is 12.9. The van der Waals surface area contributed by atoms with E-state index in [2.05, 4.69) is 20.5 Å². The number of carbonyl (C=O) groups excluding carboxylic acids is 2. The molecule has 1 aromatic carbocycles. The summed E-state index contributed by atoms with van der Waals surface area (Å²) in [4.78, 5) is 32.7. The van der Waals surface area contributed by atoms with Gasteiger partial charge in [0.2, 0.25) is 5.91 Å². The summed E-state index contributed by atoms with van der Waals surface area (Å²) in [5.74, 6) is -0.562. The van der Waals surface area contributed by atoms with Crippen LogP contribution in [0.1, 0.15) is 63.8 Å². The zero-order valence-electron chi connectivity index (χ0n) is 20.1. The van der Waals surface area contributed by atoms with Crippen LogP contribution in [0.3, 0.4) is 0 Å². The van der Waals surface area contributed by atoms with E-state index >= 15 is 0 Å². The molecule has 11 heteroatoms. The highest BCUT2D eigenvalue weighted by Crippen LogP contribution is 2.37. The molecule has 2 aliphatic rings. The van der Waals surface area contributed by atoms with Gasteiger partial charge in [0.25, 0.3) is 5.91 Å². The van der Waals surface area contributed by atoms with Crippen molar-refractivity contribution in [2.45, 2.75) is 62.9 Å². The molecule has 0 radical (unpaired) electrons. The van der Waals surface area contributed by atoms with Crippen molar-refractivity contribution in [3.8, 4) is 0 Å². The summed E-state index contributed by atoms with van der Waals surface area (Å²) in [6, 6.07) is 4.63. The number of benzene rings is 1. The molecule has 1 aliphatic carbocycles. The van der Waals surface area contributed by atoms with Gasteiger partial charge in [-0.05, 0) is 50.3 Å². The Balaban J connectivity index is 1.18. The van der Waals surface area contributed by atoms with Crippen LogP contribution in [0, 0.1) is 0 Å². The third-order valence-electron chi connectivity index (χ3n) is 6.87. The molecule has 1 aliphatic heterocycles. The van der Waals surface area contributed by atoms with E-state index in [0.29, 0.717) is 18.6 Å². The summed E-state index contributed by atoms with van der Waals surface area (Å²) >= 11 is 1.73. The van der Waals surface area contributed by atoms with E-state index in [1.54, 1.807) is 18.4 Å². The van der Waals surface area contributed by atoms with Crippen molar-refractivity contribution < 1.29 is 27.5 Å². The predicted octanol–water partition coefficient (Wildman–Crippen LogP) is 3.96. The normalized spacial score (nSPS) is 22.9. The predicted molar refractivity (Wildman–Crippen MR) is 130 cm³/mol. The van der Waals surface area contributed by atoms with Gasteiger partial charge in [0.1, 0.15) is 0 Å². The van der Waals surface area contributed by atoms with Gasteiger partial charge in [0.15, 0.2) is 0 Å². The maximum atomic E-state index is 12.9. The van der Waals surface area contributed by atoms with Crippen molar-refractivity contribution in [3.63, 3.8) is 0 Å². The lowest BCUT2D eigenvalue weighted by atomic mass is 9.86. The number of likely N-dealkylation sites (tertiary alicyclic amines) is 1. The number of nitrogens with one attached hydrogen (secondary N) is 2. The number of amides is 2. The Morgan fingerprint density at radius 1 is 1.19 bits per heavy atom. The van der Waals surface area contributed by atoms with Gasteiger partial charge in [0.05, 0.1) is 28.6 Å². The number of halogens is 3. The molecule has 7 nitrogen and oxygen atoms in total. The molecule has 2 amide bonds. The monoisotopic (exact) mass is 524 g/mol. The van der Waals surface area contributed by atoms with Crippen LogP contribution in [0.5, 0.6) is 0 Å². The van der Waals surface area contributed by atoms with E-state index in [1.165, 1.54) is 17.1 Å². The van der Waals surface area contributed by atoms with Crippen LogP contribution in [0.25, 0.3) is 0 Å².